The van der Waals surface area contributed by atoms with Crippen LogP contribution in [-0.4, -0.2) is 9.97 Å². The van der Waals surface area contributed by atoms with Crippen LogP contribution in [0.1, 0.15) is 45.3 Å². The van der Waals surface area contributed by atoms with E-state index in [2.05, 4.69) is 30.7 Å². The molecule has 1 aromatic rings. The van der Waals surface area contributed by atoms with Crippen molar-refractivity contribution in [3.63, 3.8) is 0 Å². The highest BCUT2D eigenvalue weighted by atomic mass is 14.8. The molecule has 1 aromatic heterocycles. The van der Waals surface area contributed by atoms with E-state index < -0.39 is 0 Å². The maximum atomic E-state index is 6.00. The van der Waals surface area contributed by atoms with Crippen LogP contribution in [0.2, 0.25) is 0 Å². The van der Waals surface area contributed by atoms with Crippen LogP contribution in [0.5, 0.6) is 0 Å². The molecule has 1 atom stereocenters. The summed E-state index contributed by atoms with van der Waals surface area (Å²) < 4.78 is 0. The summed E-state index contributed by atoms with van der Waals surface area (Å²) in [5.74, 6) is 0. The SMILES string of the molecule is CC(C)(C)CCC(N)c1cnccn1. The van der Waals surface area contributed by atoms with Crippen molar-refractivity contribution in [2.75, 3.05) is 0 Å². The van der Waals surface area contributed by atoms with Crippen molar-refractivity contribution >= 4 is 0 Å². The van der Waals surface area contributed by atoms with Gasteiger partial charge in [-0.1, -0.05) is 20.8 Å². The lowest BCUT2D eigenvalue weighted by molar-refractivity contribution is 0.348. The Balaban J connectivity index is 2.48. The molecule has 1 rings (SSSR count). The molecule has 2 N–H and O–H groups in total. The summed E-state index contributed by atoms with van der Waals surface area (Å²) in [7, 11) is 0. The first-order valence-electron chi connectivity index (χ1n) is 5.00. The Morgan fingerprint density at radius 3 is 2.57 bits per heavy atom. The number of hydrogen-bond donors (Lipinski definition) is 1. The molecule has 78 valence electrons. The Morgan fingerprint density at radius 2 is 2.07 bits per heavy atom. The second kappa shape index (κ2) is 4.51. The average Bonchev–Trinajstić information content (AvgIpc) is 2.14. The zero-order chi connectivity index (χ0) is 10.6. The minimum atomic E-state index is 0.0166. The van der Waals surface area contributed by atoms with Crippen molar-refractivity contribution in [1.82, 2.24) is 9.97 Å². The average molecular weight is 193 g/mol. The lowest BCUT2D eigenvalue weighted by Gasteiger charge is -2.20. The molecular weight excluding hydrogens is 174 g/mol. The standard InChI is InChI=1S/C11H19N3/c1-11(2,3)5-4-9(12)10-8-13-6-7-14-10/h6-9H,4-5,12H2,1-3H3. The van der Waals surface area contributed by atoms with Gasteiger partial charge >= 0.3 is 0 Å². The molecule has 0 radical (unpaired) electrons. The fourth-order valence-electron chi connectivity index (χ4n) is 1.24. The zero-order valence-electron chi connectivity index (χ0n) is 9.20. The van der Waals surface area contributed by atoms with E-state index in [-0.39, 0.29) is 6.04 Å². The summed E-state index contributed by atoms with van der Waals surface area (Å²) in [4.78, 5) is 8.20. The molecule has 0 aliphatic rings. The third-order valence-corrected chi connectivity index (χ3v) is 2.17. The van der Waals surface area contributed by atoms with E-state index in [4.69, 9.17) is 5.73 Å². The summed E-state index contributed by atoms with van der Waals surface area (Å²) in [6, 6.07) is 0.0166. The highest BCUT2D eigenvalue weighted by molar-refractivity contribution is 5.00. The third-order valence-electron chi connectivity index (χ3n) is 2.17. The molecule has 1 unspecified atom stereocenters. The second-order valence-corrected chi connectivity index (χ2v) is 4.84. The van der Waals surface area contributed by atoms with Crippen LogP contribution in [0.15, 0.2) is 18.6 Å². The minimum absolute atomic E-state index is 0.0166. The predicted molar refractivity (Wildman–Crippen MR) is 57.6 cm³/mol. The summed E-state index contributed by atoms with van der Waals surface area (Å²) in [6.45, 7) is 6.66. The molecule has 0 amide bonds. The molecule has 14 heavy (non-hydrogen) atoms. The van der Waals surface area contributed by atoms with Crippen molar-refractivity contribution in [1.29, 1.82) is 0 Å². The highest BCUT2D eigenvalue weighted by Gasteiger charge is 2.14. The van der Waals surface area contributed by atoms with Gasteiger partial charge in [0.2, 0.25) is 0 Å². The van der Waals surface area contributed by atoms with Crippen LogP contribution in [0.25, 0.3) is 0 Å². The molecular formula is C11H19N3. The van der Waals surface area contributed by atoms with Crippen LogP contribution in [0.4, 0.5) is 0 Å². The van der Waals surface area contributed by atoms with Gasteiger partial charge in [-0.15, -0.1) is 0 Å². The van der Waals surface area contributed by atoms with Crippen LogP contribution in [-0.2, 0) is 0 Å². The summed E-state index contributed by atoms with van der Waals surface area (Å²) in [5.41, 5.74) is 7.22. The van der Waals surface area contributed by atoms with Crippen molar-refractivity contribution in [3.05, 3.63) is 24.3 Å². The van der Waals surface area contributed by atoms with Crippen molar-refractivity contribution in [2.24, 2.45) is 11.1 Å². The van der Waals surface area contributed by atoms with Gasteiger partial charge in [0.15, 0.2) is 0 Å². The molecule has 0 saturated carbocycles. The quantitative estimate of drug-likeness (QED) is 0.801. The van der Waals surface area contributed by atoms with Crippen LogP contribution >= 0.6 is 0 Å². The van der Waals surface area contributed by atoms with Crippen molar-refractivity contribution in [2.45, 2.75) is 39.7 Å². The van der Waals surface area contributed by atoms with E-state index in [9.17, 15) is 0 Å². The van der Waals surface area contributed by atoms with E-state index in [1.165, 1.54) is 0 Å². The zero-order valence-corrected chi connectivity index (χ0v) is 9.20. The van der Waals surface area contributed by atoms with Gasteiger partial charge in [-0.3, -0.25) is 9.97 Å². The first-order chi connectivity index (χ1) is 6.49. The second-order valence-electron chi connectivity index (χ2n) is 4.84. The molecule has 1 heterocycles. The maximum absolute atomic E-state index is 6.00. The van der Waals surface area contributed by atoms with Gasteiger partial charge < -0.3 is 5.73 Å². The van der Waals surface area contributed by atoms with E-state index in [0.717, 1.165) is 18.5 Å². The Bertz CT molecular complexity index is 264. The molecule has 0 bridgehead atoms. The van der Waals surface area contributed by atoms with Gasteiger partial charge in [-0.25, -0.2) is 0 Å². The Hall–Kier alpha value is -0.960. The van der Waals surface area contributed by atoms with Gasteiger partial charge in [0.25, 0.3) is 0 Å². The lowest BCUT2D eigenvalue weighted by Crippen LogP contribution is -2.15. The summed E-state index contributed by atoms with van der Waals surface area (Å²) in [5, 5.41) is 0. The maximum Gasteiger partial charge on any atom is 0.0753 e. The molecule has 0 aliphatic heterocycles. The molecule has 0 aromatic carbocycles. The molecule has 0 spiro atoms. The first-order valence-corrected chi connectivity index (χ1v) is 5.00. The number of aromatic nitrogens is 2. The molecule has 3 nitrogen and oxygen atoms in total. The largest absolute Gasteiger partial charge is 0.323 e. The van der Waals surface area contributed by atoms with Gasteiger partial charge in [0.1, 0.15) is 0 Å². The van der Waals surface area contributed by atoms with Crippen LogP contribution < -0.4 is 5.73 Å². The molecule has 0 fully saturated rings. The predicted octanol–water partition coefficient (Wildman–Crippen LogP) is 2.30. The van der Waals surface area contributed by atoms with Crippen LogP contribution in [0.3, 0.4) is 0 Å². The molecule has 0 saturated heterocycles. The van der Waals surface area contributed by atoms with E-state index >= 15 is 0 Å². The van der Waals surface area contributed by atoms with E-state index in [1.807, 2.05) is 0 Å². The number of nitrogens with zero attached hydrogens (tertiary/aromatic N) is 2. The van der Waals surface area contributed by atoms with Gasteiger partial charge in [0, 0.05) is 24.6 Å². The Kier molecular flexibility index (Phi) is 3.58. The molecule has 0 aliphatic carbocycles. The number of hydrogen-bond acceptors (Lipinski definition) is 3. The first kappa shape index (κ1) is 11.1. The van der Waals surface area contributed by atoms with Crippen molar-refractivity contribution in [3.8, 4) is 0 Å². The topological polar surface area (TPSA) is 51.8 Å². The van der Waals surface area contributed by atoms with E-state index in [0.29, 0.717) is 5.41 Å². The highest BCUT2D eigenvalue weighted by Crippen LogP contribution is 2.24. The summed E-state index contributed by atoms with van der Waals surface area (Å²) >= 11 is 0. The fraction of sp³-hybridized carbons (Fsp3) is 0.636. The van der Waals surface area contributed by atoms with Gasteiger partial charge in [0.05, 0.1) is 5.69 Å². The Labute approximate surface area is 85.8 Å². The lowest BCUT2D eigenvalue weighted by atomic mass is 9.88. The monoisotopic (exact) mass is 193 g/mol. The van der Waals surface area contributed by atoms with Gasteiger partial charge in [-0.05, 0) is 18.3 Å². The smallest absolute Gasteiger partial charge is 0.0753 e. The normalized spacial score (nSPS) is 14.0. The number of nitrogens with two attached hydrogens (primary N) is 1. The van der Waals surface area contributed by atoms with Crippen LogP contribution in [0, 0.1) is 5.41 Å². The Morgan fingerprint density at radius 1 is 1.36 bits per heavy atom. The van der Waals surface area contributed by atoms with Gasteiger partial charge in [-0.2, -0.15) is 0 Å². The fourth-order valence-corrected chi connectivity index (χ4v) is 1.24. The van der Waals surface area contributed by atoms with E-state index in [1.54, 1.807) is 18.6 Å². The van der Waals surface area contributed by atoms with Crippen molar-refractivity contribution < 1.29 is 0 Å². The minimum Gasteiger partial charge on any atom is -0.323 e. The summed E-state index contributed by atoms with van der Waals surface area (Å²) in [6.07, 6.45) is 7.16. The molecule has 3 heteroatoms. The third kappa shape index (κ3) is 3.83. The number of rotatable bonds is 3.